The molecule has 0 spiro atoms. The molecule has 0 saturated heterocycles. The molecule has 1 aromatic carbocycles. The molecule has 0 saturated carbocycles. The van der Waals surface area contributed by atoms with Crippen molar-refractivity contribution < 1.29 is 40.7 Å². The molecule has 0 bridgehead atoms. The standard InChI is InChI=1S/C21H24F6N4O3/c1-4-34-19(33)30-14(8-12(2)3)10-28-18(32)16-11-29-31(17(16)21(25,26)27)15-7-5-6-13(9-15)20(22,23)24/h5-7,9,11-12,14H,4,8,10H2,1-3H3,(H,28,32)(H,30,33). The predicted molar refractivity (Wildman–Crippen MR) is 109 cm³/mol. The zero-order valence-electron chi connectivity index (χ0n) is 18.5. The summed E-state index contributed by atoms with van der Waals surface area (Å²) in [4.78, 5) is 24.3. The zero-order valence-corrected chi connectivity index (χ0v) is 18.5. The fraction of sp³-hybridized carbons (Fsp3) is 0.476. The van der Waals surface area contributed by atoms with Gasteiger partial charge in [-0.1, -0.05) is 19.9 Å². The molecular formula is C21H24F6N4O3. The van der Waals surface area contributed by atoms with Crippen LogP contribution in [-0.2, 0) is 17.1 Å². The molecule has 1 heterocycles. The highest BCUT2D eigenvalue weighted by atomic mass is 19.4. The van der Waals surface area contributed by atoms with Gasteiger partial charge in [0.15, 0.2) is 5.69 Å². The van der Waals surface area contributed by atoms with Gasteiger partial charge in [0.1, 0.15) is 0 Å². The molecule has 0 aliphatic heterocycles. The van der Waals surface area contributed by atoms with Gasteiger partial charge in [-0.2, -0.15) is 31.4 Å². The van der Waals surface area contributed by atoms with Crippen molar-refractivity contribution >= 4 is 12.0 Å². The van der Waals surface area contributed by atoms with Gasteiger partial charge in [-0.05, 0) is 37.5 Å². The third kappa shape index (κ3) is 7.12. The largest absolute Gasteiger partial charge is 0.450 e. The fourth-order valence-electron chi connectivity index (χ4n) is 3.21. The van der Waals surface area contributed by atoms with E-state index >= 15 is 0 Å². The summed E-state index contributed by atoms with van der Waals surface area (Å²) in [5, 5.41) is 8.37. The Morgan fingerprint density at radius 3 is 2.35 bits per heavy atom. The van der Waals surface area contributed by atoms with Crippen molar-refractivity contribution in [1.29, 1.82) is 0 Å². The van der Waals surface area contributed by atoms with Crippen molar-refractivity contribution in [1.82, 2.24) is 20.4 Å². The lowest BCUT2D eigenvalue weighted by Gasteiger charge is -2.21. The van der Waals surface area contributed by atoms with Gasteiger partial charge >= 0.3 is 18.4 Å². The first-order valence-electron chi connectivity index (χ1n) is 10.3. The lowest BCUT2D eigenvalue weighted by molar-refractivity contribution is -0.143. The van der Waals surface area contributed by atoms with E-state index in [0.29, 0.717) is 24.8 Å². The van der Waals surface area contributed by atoms with Crippen LogP contribution in [0.4, 0.5) is 31.1 Å². The molecule has 1 unspecified atom stereocenters. The second-order valence-corrected chi connectivity index (χ2v) is 7.77. The van der Waals surface area contributed by atoms with Crippen LogP contribution in [0.1, 0.15) is 48.8 Å². The maximum Gasteiger partial charge on any atom is 0.434 e. The fourth-order valence-corrected chi connectivity index (χ4v) is 3.21. The number of aromatic nitrogens is 2. The summed E-state index contributed by atoms with van der Waals surface area (Å²) in [6.45, 7) is 5.20. The summed E-state index contributed by atoms with van der Waals surface area (Å²) >= 11 is 0. The van der Waals surface area contributed by atoms with Gasteiger partial charge in [-0.3, -0.25) is 4.79 Å². The number of hydrogen-bond acceptors (Lipinski definition) is 4. The number of carbonyl (C=O) groups excluding carboxylic acids is 2. The molecule has 1 atom stereocenters. The minimum absolute atomic E-state index is 0.0817. The van der Waals surface area contributed by atoms with Crippen LogP contribution in [0.15, 0.2) is 30.5 Å². The van der Waals surface area contributed by atoms with Gasteiger partial charge in [0, 0.05) is 12.6 Å². The minimum atomic E-state index is -5.10. The molecule has 2 N–H and O–H groups in total. The van der Waals surface area contributed by atoms with E-state index in [1.165, 1.54) is 0 Å². The number of benzene rings is 1. The van der Waals surface area contributed by atoms with Crippen LogP contribution in [0.5, 0.6) is 0 Å². The molecular weight excluding hydrogens is 470 g/mol. The van der Waals surface area contributed by atoms with E-state index < -0.39 is 52.9 Å². The van der Waals surface area contributed by atoms with Crippen molar-refractivity contribution in [3.05, 3.63) is 47.3 Å². The summed E-state index contributed by atoms with van der Waals surface area (Å²) < 4.78 is 85.5. The summed E-state index contributed by atoms with van der Waals surface area (Å²) in [5.41, 5.74) is -4.07. The summed E-state index contributed by atoms with van der Waals surface area (Å²) in [6, 6.07) is 2.54. The maximum absolute atomic E-state index is 13.8. The predicted octanol–water partition coefficient (Wildman–Crippen LogP) is 4.80. The van der Waals surface area contributed by atoms with E-state index in [9.17, 15) is 35.9 Å². The maximum atomic E-state index is 13.8. The lowest BCUT2D eigenvalue weighted by Crippen LogP contribution is -2.44. The highest BCUT2D eigenvalue weighted by Crippen LogP contribution is 2.35. The number of halogens is 6. The Balaban J connectivity index is 2.32. The van der Waals surface area contributed by atoms with Gasteiger partial charge in [0.2, 0.25) is 0 Å². The topological polar surface area (TPSA) is 85.2 Å². The number of alkyl halides is 6. The number of nitrogens with one attached hydrogen (secondary N) is 2. The Morgan fingerprint density at radius 1 is 1.12 bits per heavy atom. The normalized spacial score (nSPS) is 13.0. The highest BCUT2D eigenvalue weighted by molar-refractivity contribution is 5.95. The number of rotatable bonds is 8. The van der Waals surface area contributed by atoms with Crippen LogP contribution >= 0.6 is 0 Å². The van der Waals surface area contributed by atoms with Gasteiger partial charge < -0.3 is 15.4 Å². The van der Waals surface area contributed by atoms with Crippen LogP contribution in [0.2, 0.25) is 0 Å². The van der Waals surface area contributed by atoms with Crippen molar-refractivity contribution in [2.24, 2.45) is 5.92 Å². The molecule has 34 heavy (non-hydrogen) atoms. The van der Waals surface area contributed by atoms with Gasteiger partial charge in [-0.25, -0.2) is 9.48 Å². The monoisotopic (exact) mass is 494 g/mol. The number of amides is 2. The number of hydrogen-bond donors (Lipinski definition) is 2. The highest BCUT2D eigenvalue weighted by Gasteiger charge is 2.41. The van der Waals surface area contributed by atoms with E-state index in [1.807, 2.05) is 13.8 Å². The summed E-state index contributed by atoms with van der Waals surface area (Å²) in [5.74, 6) is -1.07. The Hall–Kier alpha value is -3.25. The molecule has 2 amide bonds. The van der Waals surface area contributed by atoms with Crippen LogP contribution in [0.3, 0.4) is 0 Å². The molecule has 2 aromatic rings. The Bertz CT molecular complexity index is 1000. The van der Waals surface area contributed by atoms with Crippen molar-refractivity contribution in [3.63, 3.8) is 0 Å². The van der Waals surface area contributed by atoms with E-state index in [-0.39, 0.29) is 23.8 Å². The smallest absolute Gasteiger partial charge is 0.434 e. The van der Waals surface area contributed by atoms with E-state index in [2.05, 4.69) is 15.7 Å². The quantitative estimate of drug-likeness (QED) is 0.517. The lowest BCUT2D eigenvalue weighted by atomic mass is 10.0. The number of alkyl carbamates (subject to hydrolysis) is 1. The molecule has 1 aromatic heterocycles. The van der Waals surface area contributed by atoms with E-state index in [4.69, 9.17) is 4.74 Å². The van der Waals surface area contributed by atoms with E-state index in [0.717, 1.165) is 12.1 Å². The molecule has 13 heteroatoms. The Morgan fingerprint density at radius 2 is 1.79 bits per heavy atom. The number of nitrogens with zero attached hydrogens (tertiary/aromatic N) is 2. The van der Waals surface area contributed by atoms with Crippen molar-refractivity contribution in [2.75, 3.05) is 13.2 Å². The molecule has 2 rings (SSSR count). The second-order valence-electron chi connectivity index (χ2n) is 7.77. The van der Waals surface area contributed by atoms with Crippen LogP contribution in [-0.4, -0.2) is 41.0 Å². The van der Waals surface area contributed by atoms with Crippen LogP contribution < -0.4 is 10.6 Å². The second kappa shape index (κ2) is 10.8. The number of carbonyl (C=O) groups is 2. The Kier molecular flexibility index (Phi) is 8.56. The molecule has 0 radical (unpaired) electrons. The van der Waals surface area contributed by atoms with Gasteiger partial charge in [0.25, 0.3) is 5.91 Å². The van der Waals surface area contributed by atoms with E-state index in [1.54, 1.807) is 6.92 Å². The van der Waals surface area contributed by atoms with Crippen LogP contribution in [0.25, 0.3) is 5.69 Å². The summed E-state index contributed by atoms with van der Waals surface area (Å²) in [7, 11) is 0. The van der Waals surface area contributed by atoms with Crippen LogP contribution in [0, 0.1) is 5.92 Å². The third-order valence-corrected chi connectivity index (χ3v) is 4.56. The zero-order chi connectivity index (χ0) is 25.7. The molecule has 0 aliphatic rings. The molecule has 0 aliphatic carbocycles. The molecule has 7 nitrogen and oxygen atoms in total. The average Bonchev–Trinajstić information content (AvgIpc) is 3.17. The SMILES string of the molecule is CCOC(=O)NC(CNC(=O)c1cnn(-c2cccc(C(F)(F)F)c2)c1C(F)(F)F)CC(C)C. The molecule has 188 valence electrons. The summed E-state index contributed by atoms with van der Waals surface area (Å²) in [6.07, 6.45) is -9.59. The number of ether oxygens (including phenoxy) is 1. The van der Waals surface area contributed by atoms with Crippen molar-refractivity contribution in [3.8, 4) is 5.69 Å². The first-order chi connectivity index (χ1) is 15.7. The minimum Gasteiger partial charge on any atom is -0.450 e. The average molecular weight is 494 g/mol. The van der Waals surface area contributed by atoms with Crippen molar-refractivity contribution in [2.45, 2.75) is 45.6 Å². The first-order valence-corrected chi connectivity index (χ1v) is 10.3. The van der Waals surface area contributed by atoms with Gasteiger partial charge in [0.05, 0.1) is 29.6 Å². The first kappa shape index (κ1) is 27.0. The Labute approximate surface area is 191 Å². The molecule has 0 fully saturated rings. The third-order valence-electron chi connectivity index (χ3n) is 4.56. The van der Waals surface area contributed by atoms with Gasteiger partial charge in [-0.15, -0.1) is 0 Å².